The van der Waals surface area contributed by atoms with E-state index >= 15 is 0 Å². The first kappa shape index (κ1) is 15.2. The third-order valence-corrected chi connectivity index (χ3v) is 4.80. The van der Waals surface area contributed by atoms with Crippen molar-refractivity contribution in [2.24, 2.45) is 0 Å². The summed E-state index contributed by atoms with van der Waals surface area (Å²) in [6, 6.07) is 3.16. The average Bonchev–Trinajstić information content (AvgIpc) is 2.97. The van der Waals surface area contributed by atoms with Gasteiger partial charge in [0.15, 0.2) is 0 Å². The molecule has 0 radical (unpaired) electrons. The van der Waals surface area contributed by atoms with Crippen LogP contribution >= 0.6 is 0 Å². The molecule has 0 spiro atoms. The molecule has 2 rings (SSSR count). The topological polar surface area (TPSA) is 80.3 Å². The largest absolute Gasteiger partial charge is 0.377 e. The van der Waals surface area contributed by atoms with E-state index in [-0.39, 0.29) is 11.4 Å². The fourth-order valence-corrected chi connectivity index (χ4v) is 3.18. The number of ether oxygens (including phenoxy) is 1. The molecule has 1 aliphatic carbocycles. The Balaban J connectivity index is 1.80. The molecule has 0 unspecified atom stereocenters. The summed E-state index contributed by atoms with van der Waals surface area (Å²) in [6.07, 6.45) is 6.23. The van der Waals surface area contributed by atoms with Gasteiger partial charge < -0.3 is 10.1 Å². The summed E-state index contributed by atoms with van der Waals surface area (Å²) in [5, 5.41) is 2.84. The predicted octanol–water partition coefficient (Wildman–Crippen LogP) is 1.36. The highest BCUT2D eigenvalue weighted by molar-refractivity contribution is 7.89. The van der Waals surface area contributed by atoms with Crippen molar-refractivity contribution in [3.05, 3.63) is 18.3 Å². The molecule has 0 atom stereocenters. The van der Waals surface area contributed by atoms with E-state index in [9.17, 15) is 8.42 Å². The summed E-state index contributed by atoms with van der Waals surface area (Å²) in [5.41, 5.74) is 0. The van der Waals surface area contributed by atoms with Crippen LogP contribution < -0.4 is 10.0 Å². The summed E-state index contributed by atoms with van der Waals surface area (Å²) in [7, 11) is -1.77. The lowest BCUT2D eigenvalue weighted by atomic mass is 10.3. The number of sulfonamides is 1. The van der Waals surface area contributed by atoms with Crippen molar-refractivity contribution in [3.8, 4) is 0 Å². The Morgan fingerprint density at radius 3 is 2.70 bits per heavy atom. The molecule has 2 N–H and O–H groups in total. The molecular weight excluding hydrogens is 278 g/mol. The standard InChI is InChI=1S/C13H21N3O3S/c1-14-13-7-6-12(10-15-13)20(17,18)16-8-9-19-11-4-2-3-5-11/h6-7,10-11,16H,2-5,8-9H2,1H3,(H,14,15). The monoisotopic (exact) mass is 299 g/mol. The van der Waals surface area contributed by atoms with Gasteiger partial charge in [0.25, 0.3) is 0 Å². The van der Waals surface area contributed by atoms with E-state index in [0.717, 1.165) is 12.8 Å². The highest BCUT2D eigenvalue weighted by Crippen LogP contribution is 2.20. The highest BCUT2D eigenvalue weighted by atomic mass is 32.2. The fraction of sp³-hybridized carbons (Fsp3) is 0.615. The zero-order chi connectivity index (χ0) is 14.4. The van der Waals surface area contributed by atoms with Crippen molar-refractivity contribution in [2.75, 3.05) is 25.5 Å². The quantitative estimate of drug-likeness (QED) is 0.743. The Kier molecular flexibility index (Phi) is 5.33. The summed E-state index contributed by atoms with van der Waals surface area (Å²) < 4.78 is 32.1. The third-order valence-electron chi connectivity index (χ3n) is 3.35. The van der Waals surface area contributed by atoms with Crippen molar-refractivity contribution >= 4 is 15.8 Å². The SMILES string of the molecule is CNc1ccc(S(=O)(=O)NCCOC2CCCC2)cn1. The molecule has 0 aromatic carbocycles. The van der Waals surface area contributed by atoms with Crippen molar-refractivity contribution < 1.29 is 13.2 Å². The summed E-state index contributed by atoms with van der Waals surface area (Å²) in [4.78, 5) is 4.16. The molecule has 6 nitrogen and oxygen atoms in total. The van der Waals surface area contributed by atoms with E-state index in [1.165, 1.54) is 25.1 Å². The van der Waals surface area contributed by atoms with Gasteiger partial charge in [-0.15, -0.1) is 0 Å². The molecular formula is C13H21N3O3S. The minimum Gasteiger partial charge on any atom is -0.377 e. The Hall–Kier alpha value is -1.18. The smallest absolute Gasteiger partial charge is 0.242 e. The maximum absolute atomic E-state index is 12.0. The van der Waals surface area contributed by atoms with Gasteiger partial charge in [0.05, 0.1) is 12.7 Å². The first-order valence-corrected chi connectivity index (χ1v) is 8.35. The Morgan fingerprint density at radius 1 is 1.35 bits per heavy atom. The molecule has 1 fully saturated rings. The van der Waals surface area contributed by atoms with Crippen LogP contribution in [0.25, 0.3) is 0 Å². The molecule has 112 valence electrons. The van der Waals surface area contributed by atoms with Crippen LogP contribution in [0.15, 0.2) is 23.2 Å². The molecule has 20 heavy (non-hydrogen) atoms. The second-order valence-corrected chi connectivity index (χ2v) is 6.57. The maximum atomic E-state index is 12.0. The van der Waals surface area contributed by atoms with Crippen LogP contribution in [0.2, 0.25) is 0 Å². The van der Waals surface area contributed by atoms with E-state index in [0.29, 0.717) is 18.5 Å². The van der Waals surface area contributed by atoms with E-state index in [1.54, 1.807) is 13.1 Å². The normalized spacial score (nSPS) is 16.4. The third kappa shape index (κ3) is 4.16. The number of aromatic nitrogens is 1. The average molecular weight is 299 g/mol. The van der Waals surface area contributed by atoms with Gasteiger partial charge in [-0.1, -0.05) is 12.8 Å². The van der Waals surface area contributed by atoms with Gasteiger partial charge in [-0.05, 0) is 25.0 Å². The van der Waals surface area contributed by atoms with Crippen LogP contribution in [0.4, 0.5) is 5.82 Å². The van der Waals surface area contributed by atoms with Crippen LogP contribution in [-0.4, -0.2) is 39.7 Å². The van der Waals surface area contributed by atoms with Gasteiger partial charge in [0, 0.05) is 19.8 Å². The van der Waals surface area contributed by atoms with Crippen LogP contribution in [0.3, 0.4) is 0 Å². The van der Waals surface area contributed by atoms with Crippen molar-refractivity contribution in [1.29, 1.82) is 0 Å². The Bertz CT molecular complexity index is 510. The minimum atomic E-state index is -3.50. The number of nitrogens with zero attached hydrogens (tertiary/aromatic N) is 1. The Morgan fingerprint density at radius 2 is 2.10 bits per heavy atom. The van der Waals surface area contributed by atoms with Crippen LogP contribution in [0, 0.1) is 0 Å². The molecule has 1 aliphatic rings. The second-order valence-electron chi connectivity index (χ2n) is 4.80. The van der Waals surface area contributed by atoms with E-state index in [2.05, 4.69) is 15.0 Å². The van der Waals surface area contributed by atoms with E-state index in [1.807, 2.05) is 0 Å². The van der Waals surface area contributed by atoms with Crippen LogP contribution in [0.1, 0.15) is 25.7 Å². The second kappa shape index (κ2) is 7.01. The maximum Gasteiger partial charge on any atom is 0.242 e. The van der Waals surface area contributed by atoms with Gasteiger partial charge in [-0.2, -0.15) is 0 Å². The lowest BCUT2D eigenvalue weighted by Gasteiger charge is -2.11. The van der Waals surface area contributed by atoms with Gasteiger partial charge in [-0.3, -0.25) is 0 Å². The lowest BCUT2D eigenvalue weighted by molar-refractivity contribution is 0.0626. The summed E-state index contributed by atoms with van der Waals surface area (Å²) in [6.45, 7) is 0.693. The fourth-order valence-electron chi connectivity index (χ4n) is 2.23. The summed E-state index contributed by atoms with van der Waals surface area (Å²) >= 11 is 0. The lowest BCUT2D eigenvalue weighted by Crippen LogP contribution is -2.28. The number of pyridine rings is 1. The molecule has 1 saturated carbocycles. The number of hydrogen-bond donors (Lipinski definition) is 2. The molecule has 1 aromatic heterocycles. The predicted molar refractivity (Wildman–Crippen MR) is 77.2 cm³/mol. The van der Waals surface area contributed by atoms with Gasteiger partial charge in [0.2, 0.25) is 10.0 Å². The van der Waals surface area contributed by atoms with Crippen molar-refractivity contribution in [2.45, 2.75) is 36.7 Å². The van der Waals surface area contributed by atoms with Crippen molar-refractivity contribution in [3.63, 3.8) is 0 Å². The zero-order valence-electron chi connectivity index (χ0n) is 11.6. The van der Waals surface area contributed by atoms with Gasteiger partial charge in [0.1, 0.15) is 10.7 Å². The van der Waals surface area contributed by atoms with Crippen molar-refractivity contribution in [1.82, 2.24) is 9.71 Å². The van der Waals surface area contributed by atoms with Gasteiger partial charge >= 0.3 is 0 Å². The number of anilines is 1. The number of rotatable bonds is 7. The molecule has 0 amide bonds. The zero-order valence-corrected chi connectivity index (χ0v) is 12.4. The first-order valence-electron chi connectivity index (χ1n) is 6.87. The van der Waals surface area contributed by atoms with Crippen LogP contribution in [0.5, 0.6) is 0 Å². The molecule has 0 saturated heterocycles. The highest BCUT2D eigenvalue weighted by Gasteiger charge is 2.16. The van der Waals surface area contributed by atoms with E-state index < -0.39 is 10.0 Å². The first-order chi connectivity index (χ1) is 9.62. The van der Waals surface area contributed by atoms with Gasteiger partial charge in [-0.25, -0.2) is 18.1 Å². The molecule has 7 heteroatoms. The molecule has 1 heterocycles. The minimum absolute atomic E-state index is 0.164. The van der Waals surface area contributed by atoms with E-state index in [4.69, 9.17) is 4.74 Å². The van der Waals surface area contributed by atoms with Crippen LogP contribution in [-0.2, 0) is 14.8 Å². The Labute approximate surface area is 120 Å². The molecule has 0 bridgehead atoms. The number of nitrogens with one attached hydrogen (secondary N) is 2. The summed E-state index contributed by atoms with van der Waals surface area (Å²) in [5.74, 6) is 0.633. The number of hydrogen-bond acceptors (Lipinski definition) is 5. The molecule has 0 aliphatic heterocycles. The molecule has 1 aromatic rings.